The number of hydrogen-bond donors (Lipinski definition) is 0. The summed E-state index contributed by atoms with van der Waals surface area (Å²) >= 11 is 0. The van der Waals surface area contributed by atoms with Crippen LogP contribution in [0.3, 0.4) is 0 Å². The first-order valence-corrected chi connectivity index (χ1v) is 6.04. The Morgan fingerprint density at radius 2 is 2.19 bits per heavy atom. The molecule has 0 unspecified atom stereocenters. The lowest BCUT2D eigenvalue weighted by atomic mass is 10.0. The van der Waals surface area contributed by atoms with E-state index in [0.717, 1.165) is 45.0 Å². The van der Waals surface area contributed by atoms with E-state index >= 15 is 0 Å². The maximum atomic E-state index is 5.68. The summed E-state index contributed by atoms with van der Waals surface area (Å²) in [5, 5.41) is 0. The molecule has 0 aromatic carbocycles. The first-order chi connectivity index (χ1) is 7.88. The molecule has 1 fully saturated rings. The minimum atomic E-state index is 0.626. The summed E-state index contributed by atoms with van der Waals surface area (Å²) in [6, 6.07) is 4.03. The molecule has 0 bridgehead atoms. The van der Waals surface area contributed by atoms with Gasteiger partial charge in [0.1, 0.15) is 0 Å². The average molecular weight is 221 g/mol. The molecule has 0 atom stereocenters. The van der Waals surface area contributed by atoms with Gasteiger partial charge in [0, 0.05) is 25.5 Å². The highest BCUT2D eigenvalue weighted by atomic mass is 16.5. The average Bonchev–Trinajstić information content (AvgIpc) is 2.38. The Morgan fingerprint density at radius 1 is 1.38 bits per heavy atom. The molecular formula is C13H19NO2. The van der Waals surface area contributed by atoms with E-state index in [0.29, 0.717) is 5.92 Å². The van der Waals surface area contributed by atoms with Crippen LogP contribution in [0.4, 0.5) is 0 Å². The molecule has 0 spiro atoms. The van der Waals surface area contributed by atoms with Crippen LogP contribution in [0.5, 0.6) is 5.88 Å². The Morgan fingerprint density at radius 3 is 2.81 bits per heavy atom. The van der Waals surface area contributed by atoms with E-state index in [1.807, 2.05) is 12.3 Å². The number of pyridine rings is 1. The van der Waals surface area contributed by atoms with E-state index in [1.165, 1.54) is 5.56 Å². The van der Waals surface area contributed by atoms with Crippen LogP contribution < -0.4 is 4.74 Å². The van der Waals surface area contributed by atoms with E-state index in [2.05, 4.69) is 18.0 Å². The minimum absolute atomic E-state index is 0.626. The van der Waals surface area contributed by atoms with Gasteiger partial charge in [0.2, 0.25) is 5.88 Å². The third-order valence-electron chi connectivity index (χ3n) is 3.01. The predicted octanol–water partition coefficient (Wildman–Crippen LogP) is 2.45. The monoisotopic (exact) mass is 221 g/mol. The zero-order valence-corrected chi connectivity index (χ0v) is 9.82. The molecule has 3 nitrogen and oxygen atoms in total. The van der Waals surface area contributed by atoms with Gasteiger partial charge in [0.25, 0.3) is 0 Å². The summed E-state index contributed by atoms with van der Waals surface area (Å²) in [4.78, 5) is 4.28. The fourth-order valence-corrected chi connectivity index (χ4v) is 1.82. The van der Waals surface area contributed by atoms with Gasteiger partial charge in [-0.2, -0.15) is 0 Å². The van der Waals surface area contributed by atoms with Gasteiger partial charge in [-0.3, -0.25) is 0 Å². The van der Waals surface area contributed by atoms with E-state index in [9.17, 15) is 0 Å². The fraction of sp³-hybridized carbons (Fsp3) is 0.615. The van der Waals surface area contributed by atoms with E-state index in [-0.39, 0.29) is 0 Å². The highest BCUT2D eigenvalue weighted by molar-refractivity contribution is 5.17. The highest BCUT2D eigenvalue weighted by Crippen LogP contribution is 2.16. The molecule has 0 saturated carbocycles. The van der Waals surface area contributed by atoms with Crippen LogP contribution in [0.2, 0.25) is 0 Å². The zero-order chi connectivity index (χ0) is 11.2. The minimum Gasteiger partial charge on any atom is -0.477 e. The van der Waals surface area contributed by atoms with E-state index in [1.54, 1.807) is 0 Å². The highest BCUT2D eigenvalue weighted by Gasteiger charge is 2.14. The molecular weight excluding hydrogens is 202 g/mol. The Hall–Kier alpha value is -1.09. The van der Waals surface area contributed by atoms with Crippen molar-refractivity contribution >= 4 is 0 Å². The maximum Gasteiger partial charge on any atom is 0.213 e. The number of aryl methyl sites for hydroxylation is 1. The molecule has 2 heterocycles. The van der Waals surface area contributed by atoms with Crippen molar-refractivity contribution in [2.75, 3.05) is 19.8 Å². The van der Waals surface area contributed by atoms with Gasteiger partial charge in [0.15, 0.2) is 0 Å². The van der Waals surface area contributed by atoms with Crippen LogP contribution in [-0.4, -0.2) is 24.8 Å². The molecule has 16 heavy (non-hydrogen) atoms. The SMILES string of the molecule is CCc1ccc(OCC2CCOCC2)nc1. The third-order valence-corrected chi connectivity index (χ3v) is 3.01. The molecule has 1 aliphatic rings. The van der Waals surface area contributed by atoms with Gasteiger partial charge in [-0.05, 0) is 30.7 Å². The Bertz CT molecular complexity index is 304. The summed E-state index contributed by atoms with van der Waals surface area (Å²) in [6.07, 6.45) is 5.12. The number of hydrogen-bond acceptors (Lipinski definition) is 3. The van der Waals surface area contributed by atoms with Crippen LogP contribution in [0.1, 0.15) is 25.3 Å². The molecule has 0 radical (unpaired) electrons. The normalized spacial score (nSPS) is 17.3. The van der Waals surface area contributed by atoms with Gasteiger partial charge in [-0.1, -0.05) is 13.0 Å². The number of rotatable bonds is 4. The smallest absolute Gasteiger partial charge is 0.213 e. The van der Waals surface area contributed by atoms with Crippen LogP contribution in [0, 0.1) is 5.92 Å². The van der Waals surface area contributed by atoms with Gasteiger partial charge >= 0.3 is 0 Å². The van der Waals surface area contributed by atoms with Crippen LogP contribution in [-0.2, 0) is 11.2 Å². The summed E-state index contributed by atoms with van der Waals surface area (Å²) in [5.41, 5.74) is 1.25. The molecule has 1 aromatic heterocycles. The quantitative estimate of drug-likeness (QED) is 0.782. The number of aromatic nitrogens is 1. The van der Waals surface area contributed by atoms with E-state index in [4.69, 9.17) is 9.47 Å². The summed E-state index contributed by atoms with van der Waals surface area (Å²) in [5.74, 6) is 1.37. The van der Waals surface area contributed by atoms with Gasteiger partial charge < -0.3 is 9.47 Å². The second-order valence-electron chi connectivity index (χ2n) is 4.22. The van der Waals surface area contributed by atoms with Crippen molar-refractivity contribution in [2.24, 2.45) is 5.92 Å². The fourth-order valence-electron chi connectivity index (χ4n) is 1.82. The Balaban J connectivity index is 1.79. The molecule has 0 amide bonds. The van der Waals surface area contributed by atoms with Crippen molar-refractivity contribution in [1.82, 2.24) is 4.98 Å². The maximum absolute atomic E-state index is 5.68. The van der Waals surface area contributed by atoms with Crippen LogP contribution >= 0.6 is 0 Å². The third kappa shape index (κ3) is 3.20. The number of ether oxygens (including phenoxy) is 2. The summed E-state index contributed by atoms with van der Waals surface area (Å²) < 4.78 is 11.0. The van der Waals surface area contributed by atoms with Crippen LogP contribution in [0.25, 0.3) is 0 Å². The summed E-state index contributed by atoms with van der Waals surface area (Å²) in [6.45, 7) is 4.63. The van der Waals surface area contributed by atoms with Crippen molar-refractivity contribution < 1.29 is 9.47 Å². The molecule has 3 heteroatoms. The van der Waals surface area contributed by atoms with Crippen LogP contribution in [0.15, 0.2) is 18.3 Å². The summed E-state index contributed by atoms with van der Waals surface area (Å²) in [7, 11) is 0. The largest absolute Gasteiger partial charge is 0.477 e. The molecule has 1 aliphatic heterocycles. The Kier molecular flexibility index (Phi) is 4.17. The predicted molar refractivity (Wildman–Crippen MR) is 62.7 cm³/mol. The molecule has 0 aliphatic carbocycles. The van der Waals surface area contributed by atoms with Crippen molar-refractivity contribution in [3.63, 3.8) is 0 Å². The molecule has 1 saturated heterocycles. The molecule has 0 N–H and O–H groups in total. The van der Waals surface area contributed by atoms with E-state index < -0.39 is 0 Å². The molecule has 2 rings (SSSR count). The number of nitrogens with zero attached hydrogens (tertiary/aromatic N) is 1. The van der Waals surface area contributed by atoms with Crippen molar-refractivity contribution in [3.8, 4) is 5.88 Å². The van der Waals surface area contributed by atoms with Gasteiger partial charge in [0.05, 0.1) is 6.61 Å². The van der Waals surface area contributed by atoms with Gasteiger partial charge in [-0.15, -0.1) is 0 Å². The topological polar surface area (TPSA) is 31.4 Å². The lowest BCUT2D eigenvalue weighted by Gasteiger charge is -2.21. The first kappa shape index (κ1) is 11.4. The van der Waals surface area contributed by atoms with Crippen molar-refractivity contribution in [1.29, 1.82) is 0 Å². The molecule has 88 valence electrons. The first-order valence-electron chi connectivity index (χ1n) is 6.04. The lowest BCUT2D eigenvalue weighted by Crippen LogP contribution is -2.21. The molecule has 1 aromatic rings. The zero-order valence-electron chi connectivity index (χ0n) is 9.82. The van der Waals surface area contributed by atoms with Gasteiger partial charge in [-0.25, -0.2) is 4.98 Å². The second kappa shape index (κ2) is 5.85. The second-order valence-corrected chi connectivity index (χ2v) is 4.22. The van der Waals surface area contributed by atoms with Crippen molar-refractivity contribution in [3.05, 3.63) is 23.9 Å². The lowest BCUT2D eigenvalue weighted by molar-refractivity contribution is 0.0490. The van der Waals surface area contributed by atoms with Crippen molar-refractivity contribution in [2.45, 2.75) is 26.2 Å². The standard InChI is InChI=1S/C13H19NO2/c1-2-11-3-4-13(14-9-11)16-10-12-5-7-15-8-6-12/h3-4,9,12H,2,5-8,10H2,1H3. The Labute approximate surface area is 96.8 Å².